The quantitative estimate of drug-likeness (QED) is 0.795. The molecule has 0 aliphatic carbocycles. The lowest BCUT2D eigenvalue weighted by Crippen LogP contribution is -2.07. The van der Waals surface area contributed by atoms with E-state index < -0.39 is 0 Å². The van der Waals surface area contributed by atoms with Gasteiger partial charge in [-0.1, -0.05) is 0 Å². The molecule has 0 radical (unpaired) electrons. The van der Waals surface area contributed by atoms with Gasteiger partial charge in [-0.15, -0.1) is 16.4 Å². The number of fused-ring (bicyclic) bond motifs is 1. The summed E-state index contributed by atoms with van der Waals surface area (Å²) in [7, 11) is 0. The Hall–Kier alpha value is -1.47. The number of nitrogens with zero attached hydrogens (tertiary/aromatic N) is 4. The minimum Gasteiger partial charge on any atom is -0.344 e. The molecule has 0 amide bonds. The number of rotatable bonds is 3. The van der Waals surface area contributed by atoms with Crippen LogP contribution in [-0.2, 0) is 0 Å². The Morgan fingerprint density at radius 2 is 2.26 bits per heavy atom. The Morgan fingerprint density at radius 3 is 3.00 bits per heavy atom. The van der Waals surface area contributed by atoms with Crippen molar-refractivity contribution in [2.45, 2.75) is 19.9 Å². The Balaban J connectivity index is 1.85. The van der Waals surface area contributed by atoms with Crippen LogP contribution in [0, 0.1) is 6.92 Å². The third-order valence-electron chi connectivity index (χ3n) is 2.65. The molecule has 0 aromatic carbocycles. The van der Waals surface area contributed by atoms with Gasteiger partial charge in [-0.3, -0.25) is 0 Å². The number of pyridine rings is 1. The molecule has 0 aliphatic rings. The maximum Gasteiger partial charge on any atom is 0.243 e. The van der Waals surface area contributed by atoms with Crippen molar-refractivity contribution in [3.05, 3.63) is 38.9 Å². The summed E-state index contributed by atoms with van der Waals surface area (Å²) in [6, 6.07) is 3.96. The summed E-state index contributed by atoms with van der Waals surface area (Å²) < 4.78 is 2.71. The van der Waals surface area contributed by atoms with Crippen molar-refractivity contribution in [2.24, 2.45) is 0 Å². The summed E-state index contributed by atoms with van der Waals surface area (Å²) in [6.45, 7) is 4.11. The van der Waals surface area contributed by atoms with Gasteiger partial charge in [0.1, 0.15) is 5.01 Å². The Kier molecular flexibility index (Phi) is 3.24. The molecule has 1 atom stereocenters. The molecule has 0 aliphatic heterocycles. The van der Waals surface area contributed by atoms with E-state index in [1.165, 1.54) is 4.88 Å². The molecular formula is C12H12BrN5S. The minimum absolute atomic E-state index is 0.0968. The normalized spacial score (nSPS) is 12.8. The molecular weight excluding hydrogens is 326 g/mol. The average molecular weight is 338 g/mol. The highest BCUT2D eigenvalue weighted by atomic mass is 79.9. The smallest absolute Gasteiger partial charge is 0.243 e. The number of nitrogens with one attached hydrogen (secondary N) is 1. The maximum absolute atomic E-state index is 4.42. The van der Waals surface area contributed by atoms with Crippen LogP contribution in [-0.4, -0.2) is 19.6 Å². The molecule has 0 fully saturated rings. The summed E-state index contributed by atoms with van der Waals surface area (Å²) >= 11 is 5.10. The number of thiazole rings is 1. The first-order valence-corrected chi connectivity index (χ1v) is 7.43. The van der Waals surface area contributed by atoms with Gasteiger partial charge in [0.15, 0.2) is 5.65 Å². The second kappa shape index (κ2) is 4.90. The first-order chi connectivity index (χ1) is 9.11. The van der Waals surface area contributed by atoms with Crippen molar-refractivity contribution in [1.82, 2.24) is 19.6 Å². The topological polar surface area (TPSA) is 55.1 Å². The van der Waals surface area contributed by atoms with Gasteiger partial charge in [-0.25, -0.2) is 9.50 Å². The molecule has 0 saturated heterocycles. The van der Waals surface area contributed by atoms with E-state index in [1.54, 1.807) is 15.9 Å². The van der Waals surface area contributed by atoms with Gasteiger partial charge in [0.2, 0.25) is 5.95 Å². The van der Waals surface area contributed by atoms with Crippen molar-refractivity contribution >= 4 is 38.9 Å². The largest absolute Gasteiger partial charge is 0.344 e. The Morgan fingerprint density at radius 1 is 1.42 bits per heavy atom. The van der Waals surface area contributed by atoms with Gasteiger partial charge < -0.3 is 5.32 Å². The fourth-order valence-corrected chi connectivity index (χ4v) is 2.85. The van der Waals surface area contributed by atoms with Crippen LogP contribution < -0.4 is 5.32 Å². The minimum atomic E-state index is 0.0968. The lowest BCUT2D eigenvalue weighted by molar-refractivity contribution is 0.841. The van der Waals surface area contributed by atoms with Gasteiger partial charge in [0, 0.05) is 21.7 Å². The molecule has 3 aromatic rings. The molecule has 0 saturated carbocycles. The van der Waals surface area contributed by atoms with Crippen molar-refractivity contribution in [2.75, 3.05) is 5.32 Å². The zero-order chi connectivity index (χ0) is 13.4. The third-order valence-corrected chi connectivity index (χ3v) is 4.21. The van der Waals surface area contributed by atoms with E-state index >= 15 is 0 Å². The molecule has 7 heteroatoms. The molecule has 3 aromatic heterocycles. The van der Waals surface area contributed by atoms with Crippen LogP contribution in [0.1, 0.15) is 22.9 Å². The van der Waals surface area contributed by atoms with Gasteiger partial charge in [-0.2, -0.15) is 4.98 Å². The van der Waals surface area contributed by atoms with Crippen molar-refractivity contribution in [3.8, 4) is 0 Å². The van der Waals surface area contributed by atoms with Crippen molar-refractivity contribution in [3.63, 3.8) is 0 Å². The number of hydrogen-bond donors (Lipinski definition) is 1. The fourth-order valence-electron chi connectivity index (χ4n) is 1.75. The Bertz CT molecular complexity index is 720. The number of hydrogen-bond acceptors (Lipinski definition) is 5. The van der Waals surface area contributed by atoms with E-state index in [-0.39, 0.29) is 6.04 Å². The summed E-state index contributed by atoms with van der Waals surface area (Å²) in [6.07, 6.45) is 3.76. The molecule has 1 unspecified atom stereocenters. The molecule has 19 heavy (non-hydrogen) atoms. The van der Waals surface area contributed by atoms with Gasteiger partial charge >= 0.3 is 0 Å². The van der Waals surface area contributed by atoms with Crippen molar-refractivity contribution in [1.29, 1.82) is 0 Å². The predicted molar refractivity (Wildman–Crippen MR) is 79.6 cm³/mol. The Labute approximate surface area is 122 Å². The lowest BCUT2D eigenvalue weighted by atomic mass is 10.4. The molecule has 0 bridgehead atoms. The number of anilines is 1. The first-order valence-electron chi connectivity index (χ1n) is 5.82. The molecule has 98 valence electrons. The fraction of sp³-hybridized carbons (Fsp3) is 0.250. The zero-order valence-corrected chi connectivity index (χ0v) is 12.9. The van der Waals surface area contributed by atoms with E-state index in [0.29, 0.717) is 5.95 Å². The van der Waals surface area contributed by atoms with Crippen molar-refractivity contribution < 1.29 is 0 Å². The lowest BCUT2D eigenvalue weighted by Gasteiger charge is -2.07. The van der Waals surface area contributed by atoms with E-state index in [9.17, 15) is 0 Å². The molecule has 3 rings (SSSR count). The molecule has 5 nitrogen and oxygen atoms in total. The van der Waals surface area contributed by atoms with Gasteiger partial charge in [0.25, 0.3) is 0 Å². The molecule has 0 spiro atoms. The van der Waals surface area contributed by atoms with Crippen LogP contribution in [0.2, 0.25) is 0 Å². The highest BCUT2D eigenvalue weighted by Gasteiger charge is 2.12. The SMILES string of the molecule is Cc1cnc(C(C)Nc2nc3ccc(Br)cn3n2)s1. The number of halogens is 1. The van der Waals surface area contributed by atoms with Crippen LogP contribution in [0.5, 0.6) is 0 Å². The van der Waals surface area contributed by atoms with Crippen LogP contribution in [0.3, 0.4) is 0 Å². The average Bonchev–Trinajstić information content (AvgIpc) is 2.94. The summed E-state index contributed by atoms with van der Waals surface area (Å²) in [4.78, 5) is 9.99. The third kappa shape index (κ3) is 2.62. The number of aromatic nitrogens is 4. The van der Waals surface area contributed by atoms with E-state index in [0.717, 1.165) is 15.1 Å². The summed E-state index contributed by atoms with van der Waals surface area (Å²) in [5.41, 5.74) is 0.813. The highest BCUT2D eigenvalue weighted by molar-refractivity contribution is 9.10. The van der Waals surface area contributed by atoms with Crippen LogP contribution in [0.4, 0.5) is 5.95 Å². The zero-order valence-electron chi connectivity index (χ0n) is 10.5. The standard InChI is InChI=1S/C12H12BrN5S/c1-7-5-14-11(19-7)8(2)15-12-16-10-4-3-9(13)6-18(10)17-12/h3-6,8H,1-2H3,(H,15,17). The monoisotopic (exact) mass is 337 g/mol. The maximum atomic E-state index is 4.42. The van der Waals surface area contributed by atoms with E-state index in [1.807, 2.05) is 24.5 Å². The summed E-state index contributed by atoms with van der Waals surface area (Å²) in [5, 5.41) is 8.70. The second-order valence-corrected chi connectivity index (χ2v) is 6.44. The van der Waals surface area contributed by atoms with E-state index in [4.69, 9.17) is 0 Å². The van der Waals surface area contributed by atoms with Crippen LogP contribution >= 0.6 is 27.3 Å². The summed E-state index contributed by atoms with van der Waals surface area (Å²) in [5.74, 6) is 0.610. The van der Waals surface area contributed by atoms with E-state index in [2.05, 4.69) is 50.2 Å². The van der Waals surface area contributed by atoms with Gasteiger partial charge in [0.05, 0.1) is 6.04 Å². The molecule has 3 heterocycles. The van der Waals surface area contributed by atoms with Crippen LogP contribution in [0.15, 0.2) is 29.0 Å². The second-order valence-electron chi connectivity index (χ2n) is 4.26. The predicted octanol–water partition coefficient (Wildman–Crippen LogP) is 3.43. The highest BCUT2D eigenvalue weighted by Crippen LogP contribution is 2.22. The number of aryl methyl sites for hydroxylation is 1. The van der Waals surface area contributed by atoms with Crippen LogP contribution in [0.25, 0.3) is 5.65 Å². The van der Waals surface area contributed by atoms with Gasteiger partial charge in [-0.05, 0) is 41.9 Å². The first kappa shape index (κ1) is 12.6. The molecule has 1 N–H and O–H groups in total.